The number of carbonyl (C=O) groups excluding carboxylic acids is 1. The Morgan fingerprint density at radius 2 is 2.41 bits per heavy atom. The van der Waals surface area contributed by atoms with E-state index in [9.17, 15) is 4.79 Å². The van der Waals surface area contributed by atoms with Crippen molar-refractivity contribution in [2.75, 3.05) is 5.32 Å². The molecule has 1 aliphatic carbocycles. The highest BCUT2D eigenvalue weighted by atomic mass is 35.5. The Labute approximate surface area is 103 Å². The molecule has 17 heavy (non-hydrogen) atoms. The van der Waals surface area contributed by atoms with E-state index >= 15 is 0 Å². The van der Waals surface area contributed by atoms with Gasteiger partial charge in [0.25, 0.3) is 5.91 Å². The third kappa shape index (κ3) is 2.06. The van der Waals surface area contributed by atoms with E-state index in [2.05, 4.69) is 15.5 Å². The molecule has 0 bridgehead atoms. The first-order valence-corrected chi connectivity index (χ1v) is 5.80. The lowest BCUT2D eigenvalue weighted by atomic mass is 10.4. The summed E-state index contributed by atoms with van der Waals surface area (Å²) in [5.41, 5.74) is 0.590. The quantitative estimate of drug-likeness (QED) is 0.879. The molecule has 0 unspecified atom stereocenters. The summed E-state index contributed by atoms with van der Waals surface area (Å²) in [6, 6.07) is 3.81. The second-order valence-corrected chi connectivity index (χ2v) is 4.54. The normalized spacial score (nSPS) is 14.9. The van der Waals surface area contributed by atoms with Crippen LogP contribution in [-0.2, 0) is 0 Å². The van der Waals surface area contributed by atoms with Gasteiger partial charge in [0, 0.05) is 18.3 Å². The number of aromatic amines is 1. The van der Waals surface area contributed by atoms with Gasteiger partial charge in [-0.15, -0.1) is 0 Å². The minimum absolute atomic E-state index is 0.173. The molecular formula is C11H11ClN4O. The fraction of sp³-hybridized carbons (Fsp3) is 0.273. The summed E-state index contributed by atoms with van der Waals surface area (Å²) in [6.07, 6.45) is 5.61. The number of carbonyl (C=O) groups is 1. The summed E-state index contributed by atoms with van der Waals surface area (Å²) in [4.78, 5) is 12.0. The van der Waals surface area contributed by atoms with Gasteiger partial charge in [0.05, 0.1) is 11.2 Å². The summed E-state index contributed by atoms with van der Waals surface area (Å²) < 4.78 is 1.94. The predicted octanol–water partition coefficient (Wildman–Crippen LogP) is 2.45. The minimum Gasteiger partial charge on any atom is -0.339 e. The number of hydrogen-bond donors (Lipinski definition) is 2. The second-order valence-electron chi connectivity index (χ2n) is 4.11. The van der Waals surface area contributed by atoms with Crippen molar-refractivity contribution in [3.05, 3.63) is 35.2 Å². The van der Waals surface area contributed by atoms with Crippen molar-refractivity contribution < 1.29 is 4.79 Å². The molecule has 0 atom stereocenters. The van der Waals surface area contributed by atoms with Crippen molar-refractivity contribution >= 4 is 23.3 Å². The predicted molar refractivity (Wildman–Crippen MR) is 64.3 cm³/mol. The van der Waals surface area contributed by atoms with Crippen LogP contribution in [-0.4, -0.2) is 20.7 Å². The van der Waals surface area contributed by atoms with Crippen LogP contribution >= 0.6 is 11.6 Å². The molecule has 1 aliphatic rings. The fourth-order valence-corrected chi connectivity index (χ4v) is 2.00. The van der Waals surface area contributed by atoms with E-state index in [1.165, 1.54) is 0 Å². The Balaban J connectivity index is 1.85. The first-order chi connectivity index (χ1) is 8.24. The van der Waals surface area contributed by atoms with Crippen molar-refractivity contribution in [2.24, 2.45) is 0 Å². The molecule has 2 heterocycles. The van der Waals surface area contributed by atoms with Crippen LogP contribution in [0.1, 0.15) is 29.4 Å². The molecule has 6 heteroatoms. The smallest absolute Gasteiger partial charge is 0.273 e. The van der Waals surface area contributed by atoms with E-state index in [0.717, 1.165) is 12.8 Å². The highest BCUT2D eigenvalue weighted by molar-refractivity contribution is 6.31. The van der Waals surface area contributed by atoms with Gasteiger partial charge in [-0.05, 0) is 18.9 Å². The molecule has 0 saturated heterocycles. The van der Waals surface area contributed by atoms with Crippen LogP contribution in [0.2, 0.25) is 5.02 Å². The Morgan fingerprint density at radius 3 is 3.06 bits per heavy atom. The standard InChI is InChI=1S/C11H11ClN4O/c12-7-5-9(16(6-7)8-1-2-8)11(17)14-10-3-4-13-15-10/h3-6,8H,1-2H2,(H2,13,14,15,17). The lowest BCUT2D eigenvalue weighted by Crippen LogP contribution is -2.16. The highest BCUT2D eigenvalue weighted by Gasteiger charge is 2.27. The zero-order chi connectivity index (χ0) is 11.8. The Bertz CT molecular complexity index is 542. The van der Waals surface area contributed by atoms with Gasteiger partial charge in [-0.2, -0.15) is 5.10 Å². The average Bonchev–Trinajstić information content (AvgIpc) is 2.88. The number of hydrogen-bond acceptors (Lipinski definition) is 2. The molecule has 88 valence electrons. The first kappa shape index (κ1) is 10.4. The molecule has 0 aliphatic heterocycles. The number of nitrogens with one attached hydrogen (secondary N) is 2. The van der Waals surface area contributed by atoms with Crippen LogP contribution in [0.15, 0.2) is 24.5 Å². The van der Waals surface area contributed by atoms with Crippen LogP contribution < -0.4 is 5.32 Å². The topological polar surface area (TPSA) is 62.7 Å². The van der Waals surface area contributed by atoms with Gasteiger partial charge in [0.2, 0.25) is 0 Å². The van der Waals surface area contributed by atoms with E-state index in [-0.39, 0.29) is 5.91 Å². The van der Waals surface area contributed by atoms with E-state index in [1.54, 1.807) is 24.5 Å². The molecule has 3 rings (SSSR count). The van der Waals surface area contributed by atoms with Gasteiger partial charge in [-0.25, -0.2) is 0 Å². The first-order valence-electron chi connectivity index (χ1n) is 5.42. The van der Waals surface area contributed by atoms with Crippen LogP contribution in [0.25, 0.3) is 0 Å². The van der Waals surface area contributed by atoms with Gasteiger partial charge < -0.3 is 9.88 Å². The number of aromatic nitrogens is 3. The Hall–Kier alpha value is -1.75. The molecule has 1 saturated carbocycles. The lowest BCUT2D eigenvalue weighted by Gasteiger charge is -2.06. The molecule has 2 N–H and O–H groups in total. The number of rotatable bonds is 3. The number of amides is 1. The molecule has 0 radical (unpaired) electrons. The van der Waals surface area contributed by atoms with Gasteiger partial charge in [0.15, 0.2) is 0 Å². The molecule has 0 spiro atoms. The highest BCUT2D eigenvalue weighted by Crippen LogP contribution is 2.37. The Morgan fingerprint density at radius 1 is 1.59 bits per heavy atom. The third-order valence-corrected chi connectivity index (χ3v) is 2.94. The summed E-state index contributed by atoms with van der Waals surface area (Å²) in [6.45, 7) is 0. The summed E-state index contributed by atoms with van der Waals surface area (Å²) in [7, 11) is 0. The monoisotopic (exact) mass is 250 g/mol. The van der Waals surface area contributed by atoms with Crippen molar-refractivity contribution in [3.63, 3.8) is 0 Å². The molecule has 2 aromatic rings. The maximum atomic E-state index is 12.0. The van der Waals surface area contributed by atoms with Crippen molar-refractivity contribution in [1.82, 2.24) is 14.8 Å². The number of H-pyrrole nitrogens is 1. The van der Waals surface area contributed by atoms with Gasteiger partial charge in [-0.3, -0.25) is 9.89 Å². The van der Waals surface area contributed by atoms with Crippen LogP contribution in [0, 0.1) is 0 Å². The molecule has 1 fully saturated rings. The maximum absolute atomic E-state index is 12.0. The zero-order valence-electron chi connectivity index (χ0n) is 8.98. The number of nitrogens with zero attached hydrogens (tertiary/aromatic N) is 2. The molecule has 5 nitrogen and oxygen atoms in total. The molecular weight excluding hydrogens is 240 g/mol. The van der Waals surface area contributed by atoms with E-state index in [4.69, 9.17) is 11.6 Å². The lowest BCUT2D eigenvalue weighted by molar-refractivity contribution is 0.101. The van der Waals surface area contributed by atoms with Crippen molar-refractivity contribution in [2.45, 2.75) is 18.9 Å². The summed E-state index contributed by atoms with van der Waals surface area (Å²) in [5, 5.41) is 9.78. The molecule has 2 aromatic heterocycles. The van der Waals surface area contributed by atoms with Crippen LogP contribution in [0.3, 0.4) is 0 Å². The van der Waals surface area contributed by atoms with Crippen molar-refractivity contribution in [1.29, 1.82) is 0 Å². The fourth-order valence-electron chi connectivity index (χ4n) is 1.79. The van der Waals surface area contributed by atoms with Crippen LogP contribution in [0.4, 0.5) is 5.82 Å². The third-order valence-electron chi connectivity index (χ3n) is 2.74. The SMILES string of the molecule is O=C(Nc1ccn[nH]1)c1cc(Cl)cn1C1CC1. The van der Waals surface area contributed by atoms with Gasteiger partial charge in [0.1, 0.15) is 11.5 Å². The second kappa shape index (κ2) is 3.92. The summed E-state index contributed by atoms with van der Waals surface area (Å²) in [5.74, 6) is 0.405. The Kier molecular flexibility index (Phi) is 2.40. The van der Waals surface area contributed by atoms with E-state index in [0.29, 0.717) is 22.6 Å². The summed E-state index contributed by atoms with van der Waals surface area (Å²) >= 11 is 5.94. The largest absolute Gasteiger partial charge is 0.339 e. The van der Waals surface area contributed by atoms with E-state index in [1.807, 2.05) is 4.57 Å². The molecule has 1 amide bonds. The van der Waals surface area contributed by atoms with Gasteiger partial charge in [-0.1, -0.05) is 11.6 Å². The van der Waals surface area contributed by atoms with Crippen molar-refractivity contribution in [3.8, 4) is 0 Å². The number of anilines is 1. The average molecular weight is 251 g/mol. The zero-order valence-corrected chi connectivity index (χ0v) is 9.74. The number of halogens is 1. The van der Waals surface area contributed by atoms with Crippen LogP contribution in [0.5, 0.6) is 0 Å². The van der Waals surface area contributed by atoms with E-state index < -0.39 is 0 Å². The maximum Gasteiger partial charge on any atom is 0.273 e. The minimum atomic E-state index is -0.173. The van der Waals surface area contributed by atoms with Gasteiger partial charge >= 0.3 is 0 Å². The molecule has 0 aromatic carbocycles.